The lowest BCUT2D eigenvalue weighted by Crippen LogP contribution is -2.31. The molecule has 0 saturated carbocycles. The molecule has 104 valence electrons. The van der Waals surface area contributed by atoms with E-state index in [0.29, 0.717) is 30.9 Å². The van der Waals surface area contributed by atoms with Crippen LogP contribution in [0.15, 0.2) is 33.2 Å². The number of hydrogen-bond acceptors (Lipinski definition) is 3. The smallest absolute Gasteiger partial charge is 0.289 e. The maximum absolute atomic E-state index is 12.3. The summed E-state index contributed by atoms with van der Waals surface area (Å²) in [7, 11) is 0. The average Bonchev–Trinajstić information content (AvgIpc) is 3.03. The van der Waals surface area contributed by atoms with Crippen LogP contribution in [-0.4, -0.2) is 29.8 Å². The number of carbonyl (C=O) groups is 2. The highest BCUT2D eigenvalue weighted by molar-refractivity contribution is 9.10. The van der Waals surface area contributed by atoms with E-state index in [0.717, 1.165) is 9.86 Å². The van der Waals surface area contributed by atoms with Crippen molar-refractivity contribution in [2.75, 3.05) is 13.1 Å². The van der Waals surface area contributed by atoms with Gasteiger partial charge in [-0.15, -0.1) is 0 Å². The number of carbonyl (C=O) groups excluding carboxylic acids is 2. The summed E-state index contributed by atoms with van der Waals surface area (Å²) in [5, 5.41) is 0.869. The van der Waals surface area contributed by atoms with Gasteiger partial charge in [0.25, 0.3) is 5.91 Å². The molecule has 0 spiro atoms. The standard InChI is InChI=1S/C14H13BrN2O3/c15-10-1-2-11-9(5-10)6-12(20-11)14(19)17-4-3-8(7-17)13(16)18/h1-2,5-6,8H,3-4,7H2,(H2,16,18)/t8-/m1/s1. The number of halogens is 1. The first-order valence-corrected chi connectivity index (χ1v) is 7.11. The van der Waals surface area contributed by atoms with E-state index in [1.807, 2.05) is 18.2 Å². The molecule has 1 aliphatic heterocycles. The molecular weight excluding hydrogens is 324 g/mol. The fraction of sp³-hybridized carbons (Fsp3) is 0.286. The van der Waals surface area contributed by atoms with E-state index in [2.05, 4.69) is 15.9 Å². The van der Waals surface area contributed by atoms with Crippen molar-refractivity contribution in [3.8, 4) is 0 Å². The maximum atomic E-state index is 12.3. The largest absolute Gasteiger partial charge is 0.451 e. The fourth-order valence-electron chi connectivity index (χ4n) is 2.45. The van der Waals surface area contributed by atoms with Gasteiger partial charge in [-0.3, -0.25) is 9.59 Å². The Morgan fingerprint density at radius 2 is 2.15 bits per heavy atom. The topological polar surface area (TPSA) is 76.5 Å². The first-order chi connectivity index (χ1) is 9.54. The van der Waals surface area contributed by atoms with Crippen LogP contribution in [0.3, 0.4) is 0 Å². The number of furan rings is 1. The van der Waals surface area contributed by atoms with E-state index in [-0.39, 0.29) is 17.7 Å². The van der Waals surface area contributed by atoms with E-state index in [9.17, 15) is 9.59 Å². The van der Waals surface area contributed by atoms with Gasteiger partial charge in [0, 0.05) is 22.9 Å². The Labute approximate surface area is 123 Å². The van der Waals surface area contributed by atoms with Gasteiger partial charge in [-0.1, -0.05) is 15.9 Å². The zero-order chi connectivity index (χ0) is 14.3. The van der Waals surface area contributed by atoms with Crippen molar-refractivity contribution in [2.45, 2.75) is 6.42 Å². The quantitative estimate of drug-likeness (QED) is 0.912. The summed E-state index contributed by atoms with van der Waals surface area (Å²) in [4.78, 5) is 25.1. The van der Waals surface area contributed by atoms with Crippen molar-refractivity contribution in [3.05, 3.63) is 34.5 Å². The van der Waals surface area contributed by atoms with Gasteiger partial charge in [-0.05, 0) is 30.7 Å². The summed E-state index contributed by atoms with van der Waals surface area (Å²) < 4.78 is 6.50. The summed E-state index contributed by atoms with van der Waals surface area (Å²) in [5.41, 5.74) is 5.94. The minimum absolute atomic E-state index is 0.193. The van der Waals surface area contributed by atoms with E-state index in [1.54, 1.807) is 11.0 Å². The molecule has 1 aromatic carbocycles. The summed E-state index contributed by atoms with van der Waals surface area (Å²) in [6.45, 7) is 0.905. The Balaban J connectivity index is 1.84. The fourth-order valence-corrected chi connectivity index (χ4v) is 2.83. The Morgan fingerprint density at radius 3 is 2.85 bits per heavy atom. The highest BCUT2D eigenvalue weighted by Gasteiger charge is 2.31. The number of nitrogens with two attached hydrogens (primary N) is 1. The van der Waals surface area contributed by atoms with Gasteiger partial charge in [-0.25, -0.2) is 0 Å². The Hall–Kier alpha value is -1.82. The number of hydrogen-bond donors (Lipinski definition) is 1. The van der Waals surface area contributed by atoms with Gasteiger partial charge in [0.1, 0.15) is 5.58 Å². The number of fused-ring (bicyclic) bond motifs is 1. The third-order valence-corrected chi connectivity index (χ3v) is 4.06. The first-order valence-electron chi connectivity index (χ1n) is 6.32. The molecule has 0 aliphatic carbocycles. The normalized spacial score (nSPS) is 18.6. The van der Waals surface area contributed by atoms with E-state index >= 15 is 0 Å². The molecule has 1 fully saturated rings. The predicted molar refractivity (Wildman–Crippen MR) is 77.1 cm³/mol. The number of rotatable bonds is 2. The lowest BCUT2D eigenvalue weighted by atomic mass is 10.1. The molecular formula is C14H13BrN2O3. The zero-order valence-electron chi connectivity index (χ0n) is 10.6. The van der Waals surface area contributed by atoms with Crippen LogP contribution in [0.2, 0.25) is 0 Å². The molecule has 1 aliphatic rings. The highest BCUT2D eigenvalue weighted by Crippen LogP contribution is 2.25. The number of nitrogens with zero attached hydrogens (tertiary/aromatic N) is 1. The molecule has 2 amide bonds. The molecule has 2 aromatic rings. The van der Waals surface area contributed by atoms with Crippen molar-refractivity contribution < 1.29 is 14.0 Å². The Morgan fingerprint density at radius 1 is 1.35 bits per heavy atom. The van der Waals surface area contributed by atoms with Gasteiger partial charge >= 0.3 is 0 Å². The molecule has 0 bridgehead atoms. The first kappa shape index (κ1) is 13.2. The lowest BCUT2D eigenvalue weighted by molar-refractivity contribution is -0.121. The van der Waals surface area contributed by atoms with Crippen molar-refractivity contribution >= 4 is 38.7 Å². The molecule has 20 heavy (non-hydrogen) atoms. The van der Waals surface area contributed by atoms with E-state index in [1.165, 1.54) is 0 Å². The van der Waals surface area contributed by atoms with Gasteiger partial charge < -0.3 is 15.1 Å². The minimum atomic E-state index is -0.353. The van der Waals surface area contributed by atoms with Gasteiger partial charge in [0.2, 0.25) is 5.91 Å². The maximum Gasteiger partial charge on any atom is 0.289 e. The summed E-state index contributed by atoms with van der Waals surface area (Å²) in [5.74, 6) is -0.504. The van der Waals surface area contributed by atoms with Crippen molar-refractivity contribution in [1.82, 2.24) is 4.90 Å². The Kier molecular flexibility index (Phi) is 3.25. The number of amides is 2. The van der Waals surface area contributed by atoms with Crippen LogP contribution in [0, 0.1) is 5.92 Å². The van der Waals surface area contributed by atoms with Crippen molar-refractivity contribution in [2.24, 2.45) is 11.7 Å². The summed E-state index contributed by atoms with van der Waals surface area (Å²) in [6.07, 6.45) is 0.618. The molecule has 6 heteroatoms. The van der Waals surface area contributed by atoms with E-state index < -0.39 is 0 Å². The second kappa shape index (κ2) is 4.94. The molecule has 2 N–H and O–H groups in total. The average molecular weight is 337 g/mol. The second-order valence-electron chi connectivity index (χ2n) is 4.93. The van der Waals surface area contributed by atoms with Crippen LogP contribution in [0.1, 0.15) is 17.0 Å². The molecule has 2 heterocycles. The molecule has 1 atom stereocenters. The monoisotopic (exact) mass is 336 g/mol. The van der Waals surface area contributed by atoms with Crippen LogP contribution in [0.5, 0.6) is 0 Å². The molecule has 5 nitrogen and oxygen atoms in total. The SMILES string of the molecule is NC(=O)[C@@H]1CCN(C(=O)c2cc3cc(Br)ccc3o2)C1. The van der Waals surface area contributed by atoms with Crippen LogP contribution in [0.25, 0.3) is 11.0 Å². The minimum Gasteiger partial charge on any atom is -0.451 e. The Bertz CT molecular complexity index is 695. The zero-order valence-corrected chi connectivity index (χ0v) is 12.2. The third kappa shape index (κ3) is 2.31. The lowest BCUT2D eigenvalue weighted by Gasteiger charge is -2.13. The van der Waals surface area contributed by atoms with E-state index in [4.69, 9.17) is 10.2 Å². The second-order valence-corrected chi connectivity index (χ2v) is 5.85. The van der Waals surface area contributed by atoms with Gasteiger partial charge in [-0.2, -0.15) is 0 Å². The summed E-state index contributed by atoms with van der Waals surface area (Å²) in [6, 6.07) is 7.29. The number of primary amides is 1. The molecule has 0 radical (unpaired) electrons. The molecule has 1 aromatic heterocycles. The highest BCUT2D eigenvalue weighted by atomic mass is 79.9. The van der Waals surface area contributed by atoms with Gasteiger partial charge in [0.15, 0.2) is 5.76 Å². The van der Waals surface area contributed by atoms with Crippen LogP contribution < -0.4 is 5.73 Å². The molecule has 3 rings (SSSR count). The predicted octanol–water partition coefficient (Wildman–Crippen LogP) is 2.14. The van der Waals surface area contributed by atoms with Crippen LogP contribution >= 0.6 is 15.9 Å². The number of benzene rings is 1. The van der Waals surface area contributed by atoms with Crippen molar-refractivity contribution in [3.63, 3.8) is 0 Å². The molecule has 0 unspecified atom stereocenters. The third-order valence-electron chi connectivity index (χ3n) is 3.57. The molecule has 1 saturated heterocycles. The van der Waals surface area contributed by atoms with Crippen molar-refractivity contribution in [1.29, 1.82) is 0 Å². The van der Waals surface area contributed by atoms with Crippen LogP contribution in [0.4, 0.5) is 0 Å². The van der Waals surface area contributed by atoms with Crippen LogP contribution in [-0.2, 0) is 4.79 Å². The summed E-state index contributed by atoms with van der Waals surface area (Å²) >= 11 is 3.38. The van der Waals surface area contributed by atoms with Gasteiger partial charge in [0.05, 0.1) is 5.92 Å². The number of likely N-dealkylation sites (tertiary alicyclic amines) is 1.